The minimum atomic E-state index is -0.419. The standard InChI is InChI=1S/C19H17NO3/c1-13-6-5-9-15(10-13)18(22)17-16(21)12-20(19(17)23)11-14-7-3-2-4-8-14/h2-10,22H,11-12H2,1H3/b18-17-. The molecule has 0 saturated carbocycles. The molecular weight excluding hydrogens is 290 g/mol. The van der Waals surface area contributed by atoms with Gasteiger partial charge in [0.15, 0.2) is 5.78 Å². The Balaban J connectivity index is 1.90. The van der Waals surface area contributed by atoms with Crippen molar-refractivity contribution in [3.05, 3.63) is 76.9 Å². The first kappa shape index (κ1) is 15.0. The van der Waals surface area contributed by atoms with Crippen molar-refractivity contribution in [1.29, 1.82) is 0 Å². The highest BCUT2D eigenvalue weighted by atomic mass is 16.3. The zero-order valence-electron chi connectivity index (χ0n) is 12.8. The van der Waals surface area contributed by atoms with Gasteiger partial charge >= 0.3 is 0 Å². The zero-order valence-corrected chi connectivity index (χ0v) is 12.8. The van der Waals surface area contributed by atoms with Crippen LogP contribution >= 0.6 is 0 Å². The molecule has 1 amide bonds. The average Bonchev–Trinajstić information content (AvgIpc) is 2.82. The van der Waals surface area contributed by atoms with E-state index in [1.165, 1.54) is 4.90 Å². The van der Waals surface area contributed by atoms with E-state index in [4.69, 9.17) is 0 Å². The third kappa shape index (κ3) is 3.01. The maximum atomic E-state index is 12.5. The maximum absolute atomic E-state index is 12.5. The fourth-order valence-electron chi connectivity index (χ4n) is 2.70. The molecule has 2 aromatic carbocycles. The molecular formula is C19H17NO3. The van der Waals surface area contributed by atoms with Crippen LogP contribution in [0.25, 0.3) is 5.76 Å². The number of carbonyl (C=O) groups excluding carboxylic acids is 2. The number of likely N-dealkylation sites (tertiary alicyclic amines) is 1. The molecule has 4 nitrogen and oxygen atoms in total. The largest absolute Gasteiger partial charge is 0.506 e. The third-order valence-electron chi connectivity index (χ3n) is 3.86. The molecule has 0 radical (unpaired) electrons. The van der Waals surface area contributed by atoms with Crippen molar-refractivity contribution < 1.29 is 14.7 Å². The first-order chi connectivity index (χ1) is 11.1. The monoisotopic (exact) mass is 307 g/mol. The molecule has 1 heterocycles. The highest BCUT2D eigenvalue weighted by Crippen LogP contribution is 2.25. The van der Waals surface area contributed by atoms with E-state index in [0.717, 1.165) is 11.1 Å². The lowest BCUT2D eigenvalue weighted by atomic mass is 10.0. The van der Waals surface area contributed by atoms with Crippen LogP contribution in [-0.2, 0) is 16.1 Å². The highest BCUT2D eigenvalue weighted by molar-refractivity contribution is 6.28. The number of amides is 1. The normalized spacial score (nSPS) is 16.8. The molecule has 1 fully saturated rings. The van der Waals surface area contributed by atoms with Crippen molar-refractivity contribution in [1.82, 2.24) is 4.90 Å². The molecule has 0 aromatic heterocycles. The molecule has 0 spiro atoms. The van der Waals surface area contributed by atoms with Gasteiger partial charge in [0.05, 0.1) is 6.54 Å². The number of aryl methyl sites for hydroxylation is 1. The molecule has 1 aliphatic rings. The van der Waals surface area contributed by atoms with Crippen molar-refractivity contribution in [2.75, 3.05) is 6.54 Å². The summed E-state index contributed by atoms with van der Waals surface area (Å²) < 4.78 is 0. The van der Waals surface area contributed by atoms with Gasteiger partial charge < -0.3 is 10.0 Å². The molecule has 1 saturated heterocycles. The van der Waals surface area contributed by atoms with E-state index >= 15 is 0 Å². The number of nitrogens with zero attached hydrogens (tertiary/aromatic N) is 1. The quantitative estimate of drug-likeness (QED) is 0.539. The Kier molecular flexibility index (Phi) is 3.98. The Morgan fingerprint density at radius 3 is 2.52 bits per heavy atom. The summed E-state index contributed by atoms with van der Waals surface area (Å²) in [6, 6.07) is 16.6. The van der Waals surface area contributed by atoms with Crippen molar-refractivity contribution >= 4 is 17.4 Å². The first-order valence-electron chi connectivity index (χ1n) is 7.43. The summed E-state index contributed by atoms with van der Waals surface area (Å²) in [6.45, 7) is 2.25. The second-order valence-corrected chi connectivity index (χ2v) is 5.66. The highest BCUT2D eigenvalue weighted by Gasteiger charge is 2.36. The minimum absolute atomic E-state index is 0.00105. The molecule has 2 aromatic rings. The average molecular weight is 307 g/mol. The summed E-state index contributed by atoms with van der Waals surface area (Å²) in [4.78, 5) is 26.2. The van der Waals surface area contributed by atoms with Crippen molar-refractivity contribution in [2.24, 2.45) is 0 Å². The summed E-state index contributed by atoms with van der Waals surface area (Å²) in [6.07, 6.45) is 0. The molecule has 0 aliphatic carbocycles. The molecule has 0 bridgehead atoms. The molecule has 1 aliphatic heterocycles. The van der Waals surface area contributed by atoms with Gasteiger partial charge in [-0.2, -0.15) is 0 Å². The lowest BCUT2D eigenvalue weighted by Crippen LogP contribution is -2.25. The summed E-state index contributed by atoms with van der Waals surface area (Å²) in [7, 11) is 0. The smallest absolute Gasteiger partial charge is 0.262 e. The van der Waals surface area contributed by atoms with Crippen LogP contribution in [-0.4, -0.2) is 28.2 Å². The van der Waals surface area contributed by atoms with Gasteiger partial charge in [0, 0.05) is 12.1 Å². The number of ketones is 1. The van der Waals surface area contributed by atoms with Crippen molar-refractivity contribution in [3.8, 4) is 0 Å². The molecule has 116 valence electrons. The summed E-state index contributed by atoms with van der Waals surface area (Å²) in [5.41, 5.74) is 2.27. The van der Waals surface area contributed by atoms with E-state index in [1.54, 1.807) is 18.2 Å². The van der Waals surface area contributed by atoms with Gasteiger partial charge in [0.2, 0.25) is 0 Å². The van der Waals surface area contributed by atoms with Gasteiger partial charge in [0.1, 0.15) is 11.3 Å². The fraction of sp³-hybridized carbons (Fsp3) is 0.158. The number of Topliss-reactive ketones (excluding diaryl/α,β-unsaturated/α-hetero) is 1. The first-order valence-corrected chi connectivity index (χ1v) is 7.43. The van der Waals surface area contributed by atoms with Crippen LogP contribution in [0, 0.1) is 6.92 Å². The predicted molar refractivity (Wildman–Crippen MR) is 87.6 cm³/mol. The van der Waals surface area contributed by atoms with Crippen LogP contribution in [0.3, 0.4) is 0 Å². The number of benzene rings is 2. The fourth-order valence-corrected chi connectivity index (χ4v) is 2.70. The molecule has 1 N–H and O–H groups in total. The van der Waals surface area contributed by atoms with E-state index < -0.39 is 5.91 Å². The van der Waals surface area contributed by atoms with Gasteiger partial charge in [-0.3, -0.25) is 9.59 Å². The Labute approximate surface area is 134 Å². The molecule has 0 unspecified atom stereocenters. The van der Waals surface area contributed by atoms with Crippen molar-refractivity contribution in [2.45, 2.75) is 13.5 Å². The van der Waals surface area contributed by atoms with Gasteiger partial charge in [-0.05, 0) is 18.6 Å². The lowest BCUT2D eigenvalue weighted by Gasteiger charge is -2.14. The van der Waals surface area contributed by atoms with Crippen LogP contribution in [0.1, 0.15) is 16.7 Å². The van der Waals surface area contributed by atoms with Crippen molar-refractivity contribution in [3.63, 3.8) is 0 Å². The van der Waals surface area contributed by atoms with Crippen LogP contribution in [0.4, 0.5) is 0 Å². The number of rotatable bonds is 3. The van der Waals surface area contributed by atoms with Gasteiger partial charge in [-0.25, -0.2) is 0 Å². The number of carbonyl (C=O) groups is 2. The van der Waals surface area contributed by atoms with Crippen LogP contribution in [0.15, 0.2) is 60.2 Å². The zero-order chi connectivity index (χ0) is 16.4. The third-order valence-corrected chi connectivity index (χ3v) is 3.86. The Bertz CT molecular complexity index is 793. The summed E-state index contributed by atoms with van der Waals surface area (Å²) in [5.74, 6) is -0.998. The second kappa shape index (κ2) is 6.08. The molecule has 4 heteroatoms. The van der Waals surface area contributed by atoms with Gasteiger partial charge in [-0.1, -0.05) is 54.1 Å². The summed E-state index contributed by atoms with van der Waals surface area (Å²) in [5, 5.41) is 10.4. The maximum Gasteiger partial charge on any atom is 0.262 e. The number of hydrogen-bond acceptors (Lipinski definition) is 3. The topological polar surface area (TPSA) is 57.6 Å². The minimum Gasteiger partial charge on any atom is -0.506 e. The van der Waals surface area contributed by atoms with E-state index in [-0.39, 0.29) is 23.7 Å². The summed E-state index contributed by atoms with van der Waals surface area (Å²) >= 11 is 0. The number of aliphatic hydroxyl groups is 1. The van der Waals surface area contributed by atoms with Gasteiger partial charge in [0.25, 0.3) is 5.91 Å². The SMILES string of the molecule is Cc1cccc(/C(O)=C2\C(=O)CN(Cc3ccccc3)C2=O)c1. The van der Waals surface area contributed by atoms with Crippen LogP contribution in [0.2, 0.25) is 0 Å². The van der Waals surface area contributed by atoms with E-state index in [1.807, 2.05) is 43.3 Å². The van der Waals surface area contributed by atoms with E-state index in [2.05, 4.69) is 0 Å². The molecule has 0 atom stereocenters. The second-order valence-electron chi connectivity index (χ2n) is 5.66. The van der Waals surface area contributed by atoms with Crippen LogP contribution < -0.4 is 0 Å². The molecule has 23 heavy (non-hydrogen) atoms. The van der Waals surface area contributed by atoms with E-state index in [9.17, 15) is 14.7 Å². The predicted octanol–water partition coefficient (Wildman–Crippen LogP) is 2.88. The lowest BCUT2D eigenvalue weighted by molar-refractivity contribution is -0.125. The molecule has 3 rings (SSSR count). The Hall–Kier alpha value is -2.88. The number of hydrogen-bond donors (Lipinski definition) is 1. The van der Waals surface area contributed by atoms with Crippen LogP contribution in [0.5, 0.6) is 0 Å². The van der Waals surface area contributed by atoms with E-state index in [0.29, 0.717) is 12.1 Å². The van der Waals surface area contributed by atoms with Gasteiger partial charge in [-0.15, -0.1) is 0 Å². The number of aliphatic hydroxyl groups excluding tert-OH is 1. The Morgan fingerprint density at radius 2 is 1.83 bits per heavy atom. The Morgan fingerprint density at radius 1 is 1.09 bits per heavy atom.